The van der Waals surface area contributed by atoms with Crippen molar-refractivity contribution in [1.29, 1.82) is 0 Å². The molecule has 0 saturated heterocycles. The molecule has 0 aliphatic heterocycles. The number of aromatic hydroxyl groups is 1. The smallest absolute Gasteiger partial charge is 0.360 e. The first kappa shape index (κ1) is 15.6. The van der Waals surface area contributed by atoms with Gasteiger partial charge in [0, 0.05) is 28.1 Å². The van der Waals surface area contributed by atoms with Gasteiger partial charge in [-0.1, -0.05) is 44.6 Å². The fourth-order valence-electron chi connectivity index (χ4n) is 2.28. The van der Waals surface area contributed by atoms with Crippen molar-refractivity contribution in [2.75, 3.05) is 6.61 Å². The maximum Gasteiger partial charge on any atom is 0.360 e. The number of hydrogen-bond donors (Lipinski definition) is 1. The number of nitrogens with zero attached hydrogens (tertiary/aromatic N) is 1. The summed E-state index contributed by atoms with van der Waals surface area (Å²) in [5.74, 6) is -0.742. The molecule has 1 heterocycles. The molecule has 1 aromatic heterocycles. The molecule has 2 rings (SSSR count). The van der Waals surface area contributed by atoms with Gasteiger partial charge in [0.05, 0.1) is 6.61 Å². The lowest BCUT2D eigenvalue weighted by Gasteiger charge is -2.18. The van der Waals surface area contributed by atoms with Crippen molar-refractivity contribution in [2.45, 2.75) is 39.5 Å². The molecule has 4 nitrogen and oxygen atoms in total. The van der Waals surface area contributed by atoms with Crippen LogP contribution in [-0.4, -0.2) is 27.5 Å². The second kappa shape index (κ2) is 6.80. The van der Waals surface area contributed by atoms with Crippen LogP contribution in [0, 0.1) is 0 Å². The number of rotatable bonds is 5. The largest absolute Gasteiger partial charge is 0.505 e. The predicted octanol–water partition coefficient (Wildman–Crippen LogP) is 3.44. The van der Waals surface area contributed by atoms with Crippen LogP contribution in [0.2, 0.25) is 0 Å². The lowest BCUT2D eigenvalue weighted by Crippen LogP contribution is -2.15. The summed E-state index contributed by atoms with van der Waals surface area (Å²) in [6, 6.07) is 0. The standard InChI is InChI=1S/C16H19NO3S/c1-3-5-9-20-16(19)14-15(18)13-10(11(4-2)17-14)7-6-8-12(13)21/h6-7,18H,3-5,8-9H2,1-2H3. The van der Waals surface area contributed by atoms with Gasteiger partial charge in [-0.25, -0.2) is 9.78 Å². The minimum atomic E-state index is -0.587. The number of pyridine rings is 1. The highest BCUT2D eigenvalue weighted by Gasteiger charge is 2.26. The van der Waals surface area contributed by atoms with Crippen LogP contribution >= 0.6 is 12.2 Å². The molecule has 0 bridgehead atoms. The van der Waals surface area contributed by atoms with Crippen LogP contribution in [0.1, 0.15) is 60.4 Å². The molecule has 21 heavy (non-hydrogen) atoms. The van der Waals surface area contributed by atoms with Gasteiger partial charge < -0.3 is 9.84 Å². The zero-order valence-electron chi connectivity index (χ0n) is 12.3. The van der Waals surface area contributed by atoms with Crippen LogP contribution in [-0.2, 0) is 11.2 Å². The molecule has 1 aromatic rings. The summed E-state index contributed by atoms with van der Waals surface area (Å²) >= 11 is 5.32. The van der Waals surface area contributed by atoms with Crippen molar-refractivity contribution < 1.29 is 14.6 Å². The van der Waals surface area contributed by atoms with E-state index in [1.165, 1.54) is 0 Å². The number of unbranched alkanes of at least 4 members (excludes halogenated alkanes) is 1. The van der Waals surface area contributed by atoms with Crippen molar-refractivity contribution in [2.24, 2.45) is 0 Å². The number of hydrogen-bond acceptors (Lipinski definition) is 5. The van der Waals surface area contributed by atoms with Gasteiger partial charge in [0.1, 0.15) is 0 Å². The number of allylic oxidation sites excluding steroid dienone is 1. The summed E-state index contributed by atoms with van der Waals surface area (Å²) in [7, 11) is 0. The first-order valence-corrected chi connectivity index (χ1v) is 7.63. The quantitative estimate of drug-likeness (QED) is 0.513. The molecule has 0 radical (unpaired) electrons. The Morgan fingerprint density at radius 1 is 1.48 bits per heavy atom. The Labute approximate surface area is 129 Å². The number of carbonyl (C=O) groups excluding carboxylic acids is 1. The number of fused-ring (bicyclic) bond motifs is 1. The number of carbonyl (C=O) groups is 1. The second-order valence-electron chi connectivity index (χ2n) is 4.92. The molecule has 0 aromatic carbocycles. The number of aryl methyl sites for hydroxylation is 1. The van der Waals surface area contributed by atoms with E-state index in [0.29, 0.717) is 29.9 Å². The zero-order valence-corrected chi connectivity index (χ0v) is 13.1. The molecule has 0 fully saturated rings. The molecule has 0 unspecified atom stereocenters. The Morgan fingerprint density at radius 3 is 2.90 bits per heavy atom. The summed E-state index contributed by atoms with van der Waals surface area (Å²) in [6.07, 6.45) is 6.83. The molecule has 1 aliphatic carbocycles. The van der Waals surface area contributed by atoms with Gasteiger partial charge in [-0.05, 0) is 12.8 Å². The highest BCUT2D eigenvalue weighted by molar-refractivity contribution is 7.80. The van der Waals surface area contributed by atoms with Gasteiger partial charge >= 0.3 is 5.97 Å². The third-order valence-corrected chi connectivity index (χ3v) is 3.78. The van der Waals surface area contributed by atoms with E-state index in [4.69, 9.17) is 17.0 Å². The van der Waals surface area contributed by atoms with Gasteiger partial charge in [0.25, 0.3) is 0 Å². The van der Waals surface area contributed by atoms with Gasteiger partial charge in [0.2, 0.25) is 0 Å². The SMILES string of the molecule is CCCCOC(=O)c1nc(CC)c2c(c1O)C(=S)CC=C2. The van der Waals surface area contributed by atoms with E-state index in [1.807, 2.05) is 26.0 Å². The van der Waals surface area contributed by atoms with Crippen LogP contribution in [0.15, 0.2) is 6.08 Å². The normalized spacial score (nSPS) is 13.1. The molecule has 5 heteroatoms. The fraction of sp³-hybridized carbons (Fsp3) is 0.438. The number of thiocarbonyl (C=S) groups is 1. The van der Waals surface area contributed by atoms with Crippen molar-refractivity contribution >= 4 is 29.1 Å². The van der Waals surface area contributed by atoms with E-state index in [2.05, 4.69) is 4.98 Å². The Kier molecular flexibility index (Phi) is 5.07. The number of esters is 1. The second-order valence-corrected chi connectivity index (χ2v) is 5.41. The number of aromatic nitrogens is 1. The predicted molar refractivity (Wildman–Crippen MR) is 85.8 cm³/mol. The van der Waals surface area contributed by atoms with Crippen LogP contribution in [0.4, 0.5) is 0 Å². The fourth-order valence-corrected chi connectivity index (χ4v) is 2.58. The Hall–Kier alpha value is -1.75. The average Bonchev–Trinajstić information content (AvgIpc) is 2.48. The Morgan fingerprint density at radius 2 is 2.24 bits per heavy atom. The first-order valence-electron chi connectivity index (χ1n) is 7.22. The van der Waals surface area contributed by atoms with E-state index in [0.717, 1.165) is 24.1 Å². The highest BCUT2D eigenvalue weighted by atomic mass is 32.1. The first-order chi connectivity index (χ1) is 10.1. The highest BCUT2D eigenvalue weighted by Crippen LogP contribution is 2.33. The third-order valence-electron chi connectivity index (χ3n) is 3.41. The molecule has 0 atom stereocenters. The van der Waals surface area contributed by atoms with E-state index >= 15 is 0 Å². The minimum absolute atomic E-state index is 0.0284. The van der Waals surface area contributed by atoms with E-state index in [9.17, 15) is 9.90 Å². The molecular formula is C16H19NO3S. The van der Waals surface area contributed by atoms with E-state index in [1.54, 1.807) is 0 Å². The molecule has 1 N–H and O–H groups in total. The van der Waals surface area contributed by atoms with Crippen LogP contribution in [0.5, 0.6) is 5.75 Å². The molecule has 1 aliphatic rings. The summed E-state index contributed by atoms with van der Waals surface area (Å²) in [4.78, 5) is 17.0. The van der Waals surface area contributed by atoms with Crippen molar-refractivity contribution in [3.63, 3.8) is 0 Å². The topological polar surface area (TPSA) is 59.4 Å². The van der Waals surface area contributed by atoms with E-state index < -0.39 is 5.97 Å². The van der Waals surface area contributed by atoms with Crippen molar-refractivity contribution in [3.8, 4) is 5.75 Å². The summed E-state index contributed by atoms with van der Waals surface area (Å²) in [5, 5.41) is 10.4. The molecular weight excluding hydrogens is 286 g/mol. The summed E-state index contributed by atoms with van der Waals surface area (Å²) in [5.41, 5.74) is 2.10. The molecule has 112 valence electrons. The Balaban J connectivity index is 2.44. The van der Waals surface area contributed by atoms with Crippen molar-refractivity contribution in [3.05, 3.63) is 28.6 Å². The lowest BCUT2D eigenvalue weighted by molar-refractivity contribution is 0.0489. The number of ether oxygens (including phenoxy) is 1. The monoisotopic (exact) mass is 305 g/mol. The van der Waals surface area contributed by atoms with Crippen LogP contribution in [0.3, 0.4) is 0 Å². The van der Waals surface area contributed by atoms with Crippen LogP contribution in [0.25, 0.3) is 6.08 Å². The summed E-state index contributed by atoms with van der Waals surface area (Å²) < 4.78 is 5.15. The average molecular weight is 305 g/mol. The van der Waals surface area contributed by atoms with E-state index in [-0.39, 0.29) is 11.4 Å². The zero-order chi connectivity index (χ0) is 15.4. The Bertz CT molecular complexity index is 608. The maximum atomic E-state index is 12.1. The molecule has 0 amide bonds. The van der Waals surface area contributed by atoms with Gasteiger partial charge in [-0.3, -0.25) is 0 Å². The minimum Gasteiger partial charge on any atom is -0.505 e. The molecule has 0 spiro atoms. The lowest BCUT2D eigenvalue weighted by atomic mass is 9.93. The molecule has 0 saturated carbocycles. The van der Waals surface area contributed by atoms with Gasteiger partial charge in [-0.15, -0.1) is 0 Å². The van der Waals surface area contributed by atoms with Crippen LogP contribution < -0.4 is 0 Å². The maximum absolute atomic E-state index is 12.1. The third kappa shape index (κ3) is 3.13. The van der Waals surface area contributed by atoms with Gasteiger partial charge in [0.15, 0.2) is 11.4 Å². The van der Waals surface area contributed by atoms with Gasteiger partial charge in [-0.2, -0.15) is 0 Å². The van der Waals surface area contributed by atoms with Crippen molar-refractivity contribution in [1.82, 2.24) is 4.98 Å². The summed E-state index contributed by atoms with van der Waals surface area (Å²) in [6.45, 7) is 4.30.